The van der Waals surface area contributed by atoms with Crippen molar-refractivity contribution in [2.24, 2.45) is 0 Å². The molecule has 19 heavy (non-hydrogen) atoms. The molecular formula is C14H15N3O2. The van der Waals surface area contributed by atoms with Crippen LogP contribution in [-0.2, 0) is 4.74 Å². The first kappa shape index (κ1) is 11.9. The van der Waals surface area contributed by atoms with E-state index in [-0.39, 0.29) is 11.7 Å². The molecule has 1 unspecified atom stereocenters. The van der Waals surface area contributed by atoms with Crippen molar-refractivity contribution in [2.45, 2.75) is 6.04 Å². The Kier molecular flexibility index (Phi) is 3.29. The minimum Gasteiger partial charge on any atom is -0.377 e. The number of aromatic nitrogens is 2. The summed E-state index contributed by atoms with van der Waals surface area (Å²) in [6.07, 6.45) is 1.53. The molecule has 0 aliphatic carbocycles. The maximum absolute atomic E-state index is 11.4. The summed E-state index contributed by atoms with van der Waals surface area (Å²) < 4.78 is 5.57. The number of H-pyrrole nitrogens is 1. The Hall–Kier alpha value is -2.14. The molecule has 98 valence electrons. The van der Waals surface area contributed by atoms with Gasteiger partial charge in [-0.25, -0.2) is 9.78 Å². The Morgan fingerprint density at radius 2 is 2.11 bits per heavy atom. The van der Waals surface area contributed by atoms with Gasteiger partial charge >= 0.3 is 5.69 Å². The van der Waals surface area contributed by atoms with E-state index in [1.165, 1.54) is 11.8 Å². The zero-order chi connectivity index (χ0) is 13.1. The van der Waals surface area contributed by atoms with E-state index in [2.05, 4.69) is 27.0 Å². The maximum atomic E-state index is 11.4. The molecule has 0 amide bonds. The van der Waals surface area contributed by atoms with E-state index >= 15 is 0 Å². The van der Waals surface area contributed by atoms with E-state index < -0.39 is 0 Å². The second kappa shape index (κ2) is 5.24. The van der Waals surface area contributed by atoms with Gasteiger partial charge in [0.25, 0.3) is 0 Å². The highest BCUT2D eigenvalue weighted by atomic mass is 16.5. The van der Waals surface area contributed by atoms with Crippen molar-refractivity contribution in [3.8, 4) is 0 Å². The summed E-state index contributed by atoms with van der Waals surface area (Å²) in [6, 6.07) is 12.1. The molecule has 1 aromatic carbocycles. The van der Waals surface area contributed by atoms with Gasteiger partial charge in [-0.05, 0) is 11.6 Å². The van der Waals surface area contributed by atoms with E-state index in [4.69, 9.17) is 4.74 Å². The molecule has 0 bridgehead atoms. The van der Waals surface area contributed by atoms with Gasteiger partial charge < -0.3 is 9.64 Å². The Morgan fingerprint density at radius 3 is 2.89 bits per heavy atom. The summed E-state index contributed by atoms with van der Waals surface area (Å²) in [5, 5.41) is 0. The van der Waals surface area contributed by atoms with Crippen molar-refractivity contribution >= 4 is 5.82 Å². The molecule has 0 saturated carbocycles. The van der Waals surface area contributed by atoms with Gasteiger partial charge in [-0.1, -0.05) is 30.3 Å². The quantitative estimate of drug-likeness (QED) is 0.882. The Balaban J connectivity index is 1.96. The second-order valence-corrected chi connectivity index (χ2v) is 4.46. The largest absolute Gasteiger partial charge is 0.377 e. The first-order valence-corrected chi connectivity index (χ1v) is 6.29. The topological polar surface area (TPSA) is 58.2 Å². The smallest absolute Gasteiger partial charge is 0.346 e. The van der Waals surface area contributed by atoms with Crippen molar-refractivity contribution in [3.05, 3.63) is 58.6 Å². The Labute approximate surface area is 110 Å². The van der Waals surface area contributed by atoms with Crippen molar-refractivity contribution in [1.82, 2.24) is 9.97 Å². The van der Waals surface area contributed by atoms with Gasteiger partial charge in [0, 0.05) is 12.7 Å². The Morgan fingerprint density at radius 1 is 1.26 bits per heavy atom. The predicted octanol–water partition coefficient (Wildman–Crippen LogP) is 1.35. The fourth-order valence-electron chi connectivity index (χ4n) is 2.37. The number of hydrogen-bond donors (Lipinski definition) is 1. The van der Waals surface area contributed by atoms with Crippen molar-refractivity contribution in [3.63, 3.8) is 0 Å². The lowest BCUT2D eigenvalue weighted by Crippen LogP contribution is -2.40. The van der Waals surface area contributed by atoms with Gasteiger partial charge in [0.05, 0.1) is 19.3 Å². The molecule has 5 heteroatoms. The van der Waals surface area contributed by atoms with Crippen LogP contribution in [0.25, 0.3) is 0 Å². The number of nitrogens with one attached hydrogen (secondary N) is 1. The number of morpholine rings is 1. The standard InChI is InChI=1S/C14H15N3O2/c18-14-15-7-6-13(16-14)17-8-9-19-10-12(17)11-4-2-1-3-5-11/h1-7,12H,8-10H2,(H,15,16,18). The highest BCUT2D eigenvalue weighted by molar-refractivity contribution is 5.42. The van der Waals surface area contributed by atoms with E-state index in [1.54, 1.807) is 0 Å². The summed E-state index contributed by atoms with van der Waals surface area (Å²) in [6.45, 7) is 2.03. The normalized spacial score (nSPS) is 19.4. The fourth-order valence-corrected chi connectivity index (χ4v) is 2.37. The Bertz CT molecular complexity index is 597. The molecule has 2 aromatic rings. The molecule has 3 rings (SSSR count). The second-order valence-electron chi connectivity index (χ2n) is 4.46. The lowest BCUT2D eigenvalue weighted by molar-refractivity contribution is 0.0937. The number of hydrogen-bond acceptors (Lipinski definition) is 4. The van der Waals surface area contributed by atoms with Crippen molar-refractivity contribution < 1.29 is 4.74 Å². The first-order chi connectivity index (χ1) is 9.34. The van der Waals surface area contributed by atoms with Gasteiger partial charge in [0.1, 0.15) is 5.82 Å². The molecular weight excluding hydrogens is 242 g/mol. The average molecular weight is 257 g/mol. The molecule has 1 aliphatic heterocycles. The molecule has 5 nitrogen and oxygen atoms in total. The number of benzene rings is 1. The van der Waals surface area contributed by atoms with Crippen molar-refractivity contribution in [2.75, 3.05) is 24.7 Å². The maximum Gasteiger partial charge on any atom is 0.346 e. The van der Waals surface area contributed by atoms with Crippen LogP contribution in [0.4, 0.5) is 5.82 Å². The SMILES string of the molecule is O=c1nccc(N2CCOCC2c2ccccc2)[nH]1. The van der Waals surface area contributed by atoms with Crippen LogP contribution < -0.4 is 10.6 Å². The molecule has 1 saturated heterocycles. The highest BCUT2D eigenvalue weighted by Crippen LogP contribution is 2.27. The summed E-state index contributed by atoms with van der Waals surface area (Å²) in [7, 11) is 0. The molecule has 1 fully saturated rings. The molecule has 1 atom stereocenters. The number of anilines is 1. The third kappa shape index (κ3) is 2.51. The van der Waals surface area contributed by atoms with Crippen LogP contribution in [0, 0.1) is 0 Å². The molecule has 1 N–H and O–H groups in total. The minimum atomic E-state index is -0.323. The highest BCUT2D eigenvalue weighted by Gasteiger charge is 2.25. The summed E-state index contributed by atoms with van der Waals surface area (Å²) >= 11 is 0. The molecule has 0 spiro atoms. The molecule has 0 radical (unpaired) electrons. The fraction of sp³-hybridized carbons (Fsp3) is 0.286. The van der Waals surface area contributed by atoms with E-state index in [0.29, 0.717) is 13.2 Å². The van der Waals surface area contributed by atoms with Gasteiger partial charge in [-0.3, -0.25) is 4.98 Å². The minimum absolute atomic E-state index is 0.119. The number of nitrogens with zero attached hydrogens (tertiary/aromatic N) is 2. The van der Waals surface area contributed by atoms with Crippen LogP contribution in [0.5, 0.6) is 0 Å². The summed E-state index contributed by atoms with van der Waals surface area (Å²) in [5.74, 6) is 0.789. The molecule has 2 heterocycles. The number of rotatable bonds is 2. The van der Waals surface area contributed by atoms with Crippen LogP contribution in [-0.4, -0.2) is 29.7 Å². The number of aromatic amines is 1. The number of ether oxygens (including phenoxy) is 1. The van der Waals surface area contributed by atoms with Crippen LogP contribution in [0.3, 0.4) is 0 Å². The third-order valence-electron chi connectivity index (χ3n) is 3.28. The van der Waals surface area contributed by atoms with Gasteiger partial charge in [-0.15, -0.1) is 0 Å². The van der Waals surface area contributed by atoms with E-state index in [9.17, 15) is 4.79 Å². The zero-order valence-corrected chi connectivity index (χ0v) is 10.5. The average Bonchev–Trinajstić information content (AvgIpc) is 2.48. The third-order valence-corrected chi connectivity index (χ3v) is 3.28. The summed E-state index contributed by atoms with van der Waals surface area (Å²) in [5.41, 5.74) is 0.857. The van der Waals surface area contributed by atoms with Crippen LogP contribution in [0.1, 0.15) is 11.6 Å². The van der Waals surface area contributed by atoms with E-state index in [0.717, 1.165) is 12.4 Å². The van der Waals surface area contributed by atoms with Crippen molar-refractivity contribution in [1.29, 1.82) is 0 Å². The van der Waals surface area contributed by atoms with Crippen LogP contribution >= 0.6 is 0 Å². The van der Waals surface area contributed by atoms with Crippen LogP contribution in [0.2, 0.25) is 0 Å². The first-order valence-electron chi connectivity index (χ1n) is 6.29. The lowest BCUT2D eigenvalue weighted by Gasteiger charge is -2.37. The molecule has 1 aliphatic rings. The van der Waals surface area contributed by atoms with E-state index in [1.807, 2.05) is 24.3 Å². The molecule has 1 aromatic heterocycles. The summed E-state index contributed by atoms with van der Waals surface area (Å²) in [4.78, 5) is 20.0. The van der Waals surface area contributed by atoms with Gasteiger partial charge in [-0.2, -0.15) is 0 Å². The monoisotopic (exact) mass is 257 g/mol. The predicted molar refractivity (Wildman–Crippen MR) is 72.2 cm³/mol. The zero-order valence-electron chi connectivity index (χ0n) is 10.5. The van der Waals surface area contributed by atoms with Gasteiger partial charge in [0.2, 0.25) is 0 Å². The lowest BCUT2D eigenvalue weighted by atomic mass is 10.1. The van der Waals surface area contributed by atoms with Gasteiger partial charge in [0.15, 0.2) is 0 Å². The van der Waals surface area contributed by atoms with Crippen LogP contribution in [0.15, 0.2) is 47.4 Å².